The van der Waals surface area contributed by atoms with Gasteiger partial charge in [-0.15, -0.1) is 0 Å². The predicted molar refractivity (Wildman–Crippen MR) is 68.5 cm³/mol. The van der Waals surface area contributed by atoms with Crippen molar-refractivity contribution in [2.45, 2.75) is 19.9 Å². The van der Waals surface area contributed by atoms with Crippen molar-refractivity contribution in [3.8, 4) is 0 Å². The lowest BCUT2D eigenvalue weighted by atomic mass is 9.90. The summed E-state index contributed by atoms with van der Waals surface area (Å²) in [6.45, 7) is 5.37. The Morgan fingerprint density at radius 3 is 2.94 bits per heavy atom. The highest BCUT2D eigenvalue weighted by Crippen LogP contribution is 2.30. The van der Waals surface area contributed by atoms with Gasteiger partial charge in [-0.1, -0.05) is 18.5 Å². The lowest BCUT2D eigenvalue weighted by Gasteiger charge is -2.22. The monoisotopic (exact) mass is 256 g/mol. The third-order valence-corrected chi connectivity index (χ3v) is 3.77. The maximum atomic E-state index is 13.6. The molecule has 0 radical (unpaired) electrons. The molecule has 1 heterocycles. The molecule has 17 heavy (non-hydrogen) atoms. The number of benzene rings is 1. The van der Waals surface area contributed by atoms with Gasteiger partial charge in [0.2, 0.25) is 0 Å². The lowest BCUT2D eigenvalue weighted by molar-refractivity contribution is 0.271. The Morgan fingerprint density at radius 1 is 1.53 bits per heavy atom. The van der Waals surface area contributed by atoms with Crippen molar-refractivity contribution in [2.24, 2.45) is 11.1 Å². The van der Waals surface area contributed by atoms with Gasteiger partial charge in [-0.3, -0.25) is 4.90 Å². The van der Waals surface area contributed by atoms with Crippen LogP contribution in [0.15, 0.2) is 18.2 Å². The number of halogens is 2. The van der Waals surface area contributed by atoms with Gasteiger partial charge in [-0.25, -0.2) is 4.39 Å². The average Bonchev–Trinajstić information content (AvgIpc) is 2.67. The summed E-state index contributed by atoms with van der Waals surface area (Å²) in [6.07, 6.45) is 1.08. The molecule has 0 saturated carbocycles. The van der Waals surface area contributed by atoms with Crippen LogP contribution in [0.1, 0.15) is 18.9 Å². The van der Waals surface area contributed by atoms with E-state index in [0.29, 0.717) is 23.7 Å². The molecule has 0 bridgehead atoms. The van der Waals surface area contributed by atoms with Gasteiger partial charge in [-0.05, 0) is 43.1 Å². The zero-order chi connectivity index (χ0) is 12.5. The number of nitrogens with zero attached hydrogens (tertiary/aromatic N) is 1. The molecule has 1 fully saturated rings. The van der Waals surface area contributed by atoms with Gasteiger partial charge in [0.05, 0.1) is 0 Å². The summed E-state index contributed by atoms with van der Waals surface area (Å²) in [5.74, 6) is -0.184. The molecular formula is C13H18ClFN2. The van der Waals surface area contributed by atoms with E-state index in [2.05, 4.69) is 11.8 Å². The van der Waals surface area contributed by atoms with Crippen LogP contribution >= 0.6 is 11.6 Å². The summed E-state index contributed by atoms with van der Waals surface area (Å²) in [6, 6.07) is 4.71. The molecule has 0 aromatic heterocycles. The van der Waals surface area contributed by atoms with E-state index in [1.165, 1.54) is 6.07 Å². The van der Waals surface area contributed by atoms with Crippen molar-refractivity contribution in [1.82, 2.24) is 4.90 Å². The molecule has 1 aliphatic heterocycles. The topological polar surface area (TPSA) is 29.3 Å². The third-order valence-electron chi connectivity index (χ3n) is 3.53. The maximum absolute atomic E-state index is 13.6. The van der Waals surface area contributed by atoms with Crippen LogP contribution in [0.25, 0.3) is 0 Å². The molecule has 94 valence electrons. The van der Waals surface area contributed by atoms with Crippen LogP contribution in [0, 0.1) is 11.2 Å². The minimum absolute atomic E-state index is 0.176. The molecule has 0 aliphatic carbocycles. The highest BCUT2D eigenvalue weighted by molar-refractivity contribution is 6.30. The molecule has 0 amide bonds. The van der Waals surface area contributed by atoms with Crippen LogP contribution in [0.5, 0.6) is 0 Å². The van der Waals surface area contributed by atoms with Gasteiger partial charge in [0.15, 0.2) is 0 Å². The van der Waals surface area contributed by atoms with Gasteiger partial charge >= 0.3 is 0 Å². The smallest absolute Gasteiger partial charge is 0.127 e. The first-order chi connectivity index (χ1) is 8.02. The molecule has 1 aromatic carbocycles. The van der Waals surface area contributed by atoms with Crippen LogP contribution in [-0.2, 0) is 6.54 Å². The molecule has 2 nitrogen and oxygen atoms in total. The van der Waals surface area contributed by atoms with Gasteiger partial charge in [0.25, 0.3) is 0 Å². The normalized spacial score (nSPS) is 25.4. The highest BCUT2D eigenvalue weighted by atomic mass is 35.5. The van der Waals surface area contributed by atoms with E-state index in [9.17, 15) is 4.39 Å². The van der Waals surface area contributed by atoms with Gasteiger partial charge in [0.1, 0.15) is 5.82 Å². The van der Waals surface area contributed by atoms with Crippen LogP contribution in [0.3, 0.4) is 0 Å². The second-order valence-corrected chi connectivity index (χ2v) is 5.65. The molecule has 1 unspecified atom stereocenters. The molecule has 4 heteroatoms. The third kappa shape index (κ3) is 2.97. The Balaban J connectivity index is 2.05. The Hall–Kier alpha value is -0.640. The summed E-state index contributed by atoms with van der Waals surface area (Å²) in [5, 5.41) is 0.585. The summed E-state index contributed by atoms with van der Waals surface area (Å²) in [4.78, 5) is 2.24. The van der Waals surface area contributed by atoms with Crippen molar-refractivity contribution in [3.05, 3.63) is 34.6 Å². The molecule has 1 aromatic rings. The fourth-order valence-corrected chi connectivity index (χ4v) is 2.53. The summed E-state index contributed by atoms with van der Waals surface area (Å²) in [5.41, 5.74) is 6.60. The highest BCUT2D eigenvalue weighted by Gasteiger charge is 2.32. The Morgan fingerprint density at radius 2 is 2.29 bits per heavy atom. The lowest BCUT2D eigenvalue weighted by Crippen LogP contribution is -2.31. The SMILES string of the molecule is CC1(CN)CCN(Cc2cc(Cl)ccc2F)C1. The van der Waals surface area contributed by atoms with Crippen LogP contribution < -0.4 is 5.73 Å². The average molecular weight is 257 g/mol. The van der Waals surface area contributed by atoms with Gasteiger partial charge in [-0.2, -0.15) is 0 Å². The largest absolute Gasteiger partial charge is 0.330 e. The van der Waals surface area contributed by atoms with Crippen molar-refractivity contribution in [1.29, 1.82) is 0 Å². The fraction of sp³-hybridized carbons (Fsp3) is 0.538. The van der Waals surface area contributed by atoms with Crippen LogP contribution in [-0.4, -0.2) is 24.5 Å². The van der Waals surface area contributed by atoms with E-state index < -0.39 is 0 Å². The predicted octanol–water partition coefficient (Wildman–Crippen LogP) is 2.65. The number of nitrogens with two attached hydrogens (primary N) is 1. The van der Waals surface area contributed by atoms with E-state index in [4.69, 9.17) is 17.3 Å². The van der Waals surface area contributed by atoms with Crippen LogP contribution in [0.2, 0.25) is 5.02 Å². The fourth-order valence-electron chi connectivity index (χ4n) is 2.33. The molecule has 1 saturated heterocycles. The standard InChI is InChI=1S/C13H18ClFN2/c1-13(8-16)4-5-17(9-13)7-10-6-11(14)2-3-12(10)15/h2-3,6H,4-5,7-9,16H2,1H3. The first-order valence-electron chi connectivity index (χ1n) is 5.89. The van der Waals surface area contributed by atoms with Gasteiger partial charge < -0.3 is 5.73 Å². The minimum Gasteiger partial charge on any atom is -0.330 e. The summed E-state index contributed by atoms with van der Waals surface area (Å²) < 4.78 is 13.6. The zero-order valence-corrected chi connectivity index (χ0v) is 10.8. The summed E-state index contributed by atoms with van der Waals surface area (Å²) in [7, 11) is 0. The maximum Gasteiger partial charge on any atom is 0.127 e. The zero-order valence-electron chi connectivity index (χ0n) is 10.0. The number of hydrogen-bond donors (Lipinski definition) is 1. The second kappa shape index (κ2) is 4.92. The Labute approximate surface area is 107 Å². The van der Waals surface area contributed by atoms with Crippen molar-refractivity contribution in [3.63, 3.8) is 0 Å². The Kier molecular flexibility index (Phi) is 3.71. The van der Waals surface area contributed by atoms with Crippen LogP contribution in [0.4, 0.5) is 4.39 Å². The number of rotatable bonds is 3. The van der Waals surface area contributed by atoms with Crippen molar-refractivity contribution < 1.29 is 4.39 Å². The minimum atomic E-state index is -0.184. The number of likely N-dealkylation sites (tertiary alicyclic amines) is 1. The van der Waals surface area contributed by atoms with Crippen molar-refractivity contribution in [2.75, 3.05) is 19.6 Å². The molecule has 1 atom stereocenters. The molecule has 1 aliphatic rings. The quantitative estimate of drug-likeness (QED) is 0.901. The van der Waals surface area contributed by atoms with E-state index in [-0.39, 0.29) is 11.2 Å². The van der Waals surface area contributed by atoms with E-state index in [1.54, 1.807) is 12.1 Å². The summed E-state index contributed by atoms with van der Waals surface area (Å²) >= 11 is 5.88. The van der Waals surface area contributed by atoms with E-state index in [0.717, 1.165) is 19.5 Å². The van der Waals surface area contributed by atoms with E-state index >= 15 is 0 Å². The Bertz CT molecular complexity index is 410. The molecule has 2 N–H and O–H groups in total. The second-order valence-electron chi connectivity index (χ2n) is 5.21. The van der Waals surface area contributed by atoms with Crippen molar-refractivity contribution >= 4 is 11.6 Å². The number of hydrogen-bond acceptors (Lipinski definition) is 2. The first-order valence-corrected chi connectivity index (χ1v) is 6.27. The molecule has 0 spiro atoms. The molecular weight excluding hydrogens is 239 g/mol. The molecule has 2 rings (SSSR count). The van der Waals surface area contributed by atoms with E-state index in [1.807, 2.05) is 0 Å². The first kappa shape index (κ1) is 12.8. The van der Waals surface area contributed by atoms with Gasteiger partial charge in [0, 0.05) is 23.7 Å².